The predicted octanol–water partition coefficient (Wildman–Crippen LogP) is 3.84. The second-order valence-corrected chi connectivity index (χ2v) is 10.6. The van der Waals surface area contributed by atoms with Gasteiger partial charge in [-0.2, -0.15) is 0 Å². The van der Waals surface area contributed by atoms with Crippen LogP contribution >= 0.6 is 0 Å². The van der Waals surface area contributed by atoms with Crippen LogP contribution in [0, 0.1) is 5.92 Å². The summed E-state index contributed by atoms with van der Waals surface area (Å²) in [5.41, 5.74) is 0.959. The van der Waals surface area contributed by atoms with Crippen molar-refractivity contribution in [2.45, 2.75) is 51.2 Å². The molecule has 34 heavy (non-hydrogen) atoms. The molecule has 0 aromatic heterocycles. The van der Waals surface area contributed by atoms with Crippen LogP contribution in [0.1, 0.15) is 49.5 Å². The largest absolute Gasteiger partial charge is 0.496 e. The van der Waals surface area contributed by atoms with E-state index in [1.165, 1.54) is 32.4 Å². The lowest BCUT2D eigenvalue weighted by Gasteiger charge is -2.30. The third-order valence-electron chi connectivity index (χ3n) is 5.84. The third kappa shape index (κ3) is 6.21. The smallest absolute Gasteiger partial charge is 0.257 e. The number of methoxy groups -OCH3 is 2. The Bertz CT molecular complexity index is 1110. The molecule has 0 radical (unpaired) electrons. The average molecular weight is 491 g/mol. The molecule has 0 spiro atoms. The first-order valence-electron chi connectivity index (χ1n) is 11.4. The van der Waals surface area contributed by atoms with Crippen LogP contribution in [0.25, 0.3) is 0 Å². The van der Waals surface area contributed by atoms with E-state index in [1.807, 2.05) is 13.8 Å². The molecule has 0 unspecified atom stereocenters. The number of nitrogens with one attached hydrogen (secondary N) is 1. The Morgan fingerprint density at radius 3 is 2.29 bits per heavy atom. The van der Waals surface area contributed by atoms with Crippen molar-refractivity contribution in [1.82, 2.24) is 9.62 Å². The fourth-order valence-electron chi connectivity index (χ4n) is 3.84. The van der Waals surface area contributed by atoms with E-state index in [9.17, 15) is 13.2 Å². The average Bonchev–Trinajstić information content (AvgIpc) is 2.82. The summed E-state index contributed by atoms with van der Waals surface area (Å²) < 4.78 is 45.1. The van der Waals surface area contributed by atoms with Crippen LogP contribution in [0.5, 0.6) is 17.2 Å². The highest BCUT2D eigenvalue weighted by Gasteiger charge is 2.26. The second kappa shape index (κ2) is 11.1. The Labute approximate surface area is 202 Å². The van der Waals surface area contributed by atoms with Gasteiger partial charge < -0.3 is 19.1 Å². The van der Waals surface area contributed by atoms with Gasteiger partial charge in [0, 0.05) is 19.6 Å². The molecule has 0 atom stereocenters. The van der Waals surface area contributed by atoms with Crippen molar-refractivity contribution in [2.75, 3.05) is 27.3 Å². The molecule has 1 aliphatic rings. The Hall–Kier alpha value is -2.78. The van der Waals surface area contributed by atoms with E-state index in [-0.39, 0.29) is 29.0 Å². The zero-order valence-corrected chi connectivity index (χ0v) is 21.3. The first-order valence-corrected chi connectivity index (χ1v) is 12.9. The summed E-state index contributed by atoms with van der Waals surface area (Å²) in [7, 11) is -0.870. The summed E-state index contributed by atoms with van der Waals surface area (Å²) in [6.45, 7) is 7.36. The predicted molar refractivity (Wildman–Crippen MR) is 130 cm³/mol. The Balaban J connectivity index is 1.78. The standard InChI is InChI=1S/C25H34N2O6S/c1-17(2)33-23-8-6-19(14-24(23)32-5)16-26-34(29,30)20-7-9-22(31-4)21(15-20)25(28)27-12-10-18(3)11-13-27/h6-9,14-15,17-18,26H,10-13,16H2,1-5H3. The number of carbonyl (C=O) groups excluding carboxylic acids is 1. The molecular weight excluding hydrogens is 456 g/mol. The van der Waals surface area contributed by atoms with Crippen LogP contribution in [0.15, 0.2) is 41.3 Å². The minimum atomic E-state index is -3.88. The summed E-state index contributed by atoms with van der Waals surface area (Å²) >= 11 is 0. The van der Waals surface area contributed by atoms with Crippen molar-refractivity contribution in [3.05, 3.63) is 47.5 Å². The van der Waals surface area contributed by atoms with Gasteiger partial charge in [0.25, 0.3) is 5.91 Å². The summed E-state index contributed by atoms with van der Waals surface area (Å²) in [4.78, 5) is 14.9. The molecule has 3 rings (SSSR count). The van der Waals surface area contributed by atoms with Gasteiger partial charge in [0.05, 0.1) is 30.8 Å². The van der Waals surface area contributed by atoms with Crippen LogP contribution in [0.2, 0.25) is 0 Å². The van der Waals surface area contributed by atoms with Crippen molar-refractivity contribution in [3.63, 3.8) is 0 Å². The highest BCUT2D eigenvalue weighted by Crippen LogP contribution is 2.30. The maximum atomic E-state index is 13.1. The summed E-state index contributed by atoms with van der Waals surface area (Å²) in [6, 6.07) is 9.63. The summed E-state index contributed by atoms with van der Waals surface area (Å²) in [5, 5.41) is 0. The maximum Gasteiger partial charge on any atom is 0.257 e. The van der Waals surface area contributed by atoms with Crippen molar-refractivity contribution in [3.8, 4) is 17.2 Å². The molecule has 1 saturated heterocycles. The minimum Gasteiger partial charge on any atom is -0.496 e. The monoisotopic (exact) mass is 490 g/mol. The number of likely N-dealkylation sites (tertiary alicyclic amines) is 1. The first kappa shape index (κ1) is 25.8. The molecule has 1 fully saturated rings. The molecule has 8 nitrogen and oxygen atoms in total. The molecule has 1 amide bonds. The molecule has 0 saturated carbocycles. The molecule has 9 heteroatoms. The molecule has 2 aromatic carbocycles. The number of rotatable bonds is 9. The van der Waals surface area contributed by atoms with Crippen molar-refractivity contribution < 1.29 is 27.4 Å². The van der Waals surface area contributed by atoms with Gasteiger partial charge in [0.2, 0.25) is 10.0 Å². The number of sulfonamides is 1. The van der Waals surface area contributed by atoms with Gasteiger partial charge in [0.1, 0.15) is 5.75 Å². The van der Waals surface area contributed by atoms with E-state index in [0.717, 1.165) is 12.8 Å². The molecule has 1 aliphatic heterocycles. The lowest BCUT2D eigenvalue weighted by atomic mass is 9.98. The molecule has 0 bridgehead atoms. The quantitative estimate of drug-likeness (QED) is 0.574. The van der Waals surface area contributed by atoms with E-state index in [4.69, 9.17) is 14.2 Å². The number of amides is 1. The number of piperidine rings is 1. The van der Waals surface area contributed by atoms with Crippen molar-refractivity contribution >= 4 is 15.9 Å². The molecular formula is C25H34N2O6S. The number of benzene rings is 2. The topological polar surface area (TPSA) is 94.2 Å². The summed E-state index contributed by atoms with van der Waals surface area (Å²) in [6.07, 6.45) is 1.84. The fourth-order valence-corrected chi connectivity index (χ4v) is 4.88. The normalized spacial score (nSPS) is 14.8. The van der Waals surface area contributed by atoms with Gasteiger partial charge >= 0.3 is 0 Å². The second-order valence-electron chi connectivity index (χ2n) is 8.81. The third-order valence-corrected chi connectivity index (χ3v) is 7.24. The first-order chi connectivity index (χ1) is 16.1. The SMILES string of the molecule is COc1cc(CNS(=O)(=O)c2ccc(OC)c(C(=O)N3CCC(C)CC3)c2)ccc1OC(C)C. The number of hydrogen-bond donors (Lipinski definition) is 1. The Morgan fingerprint density at radius 1 is 1.03 bits per heavy atom. The van der Waals surface area contributed by atoms with Gasteiger partial charge in [0.15, 0.2) is 11.5 Å². The van der Waals surface area contributed by atoms with Crippen LogP contribution in [0.3, 0.4) is 0 Å². The number of nitrogens with zero attached hydrogens (tertiary/aromatic N) is 1. The lowest BCUT2D eigenvalue weighted by Crippen LogP contribution is -2.38. The molecule has 186 valence electrons. The van der Waals surface area contributed by atoms with Gasteiger partial charge in [-0.15, -0.1) is 0 Å². The van der Waals surface area contributed by atoms with Crippen molar-refractivity contribution in [1.29, 1.82) is 0 Å². The molecule has 2 aromatic rings. The highest BCUT2D eigenvalue weighted by molar-refractivity contribution is 7.89. The zero-order valence-electron chi connectivity index (χ0n) is 20.5. The number of ether oxygens (including phenoxy) is 3. The van der Waals surface area contributed by atoms with E-state index in [0.29, 0.717) is 41.8 Å². The van der Waals surface area contributed by atoms with E-state index >= 15 is 0 Å². The van der Waals surface area contributed by atoms with Gasteiger partial charge in [-0.1, -0.05) is 13.0 Å². The van der Waals surface area contributed by atoms with E-state index in [2.05, 4.69) is 11.6 Å². The number of carbonyl (C=O) groups is 1. The van der Waals surface area contributed by atoms with Crippen LogP contribution in [-0.2, 0) is 16.6 Å². The molecule has 1 N–H and O–H groups in total. The molecule has 1 heterocycles. The maximum absolute atomic E-state index is 13.1. The highest BCUT2D eigenvalue weighted by atomic mass is 32.2. The zero-order chi connectivity index (χ0) is 24.9. The summed E-state index contributed by atoms with van der Waals surface area (Å²) in [5.74, 6) is 1.83. The van der Waals surface area contributed by atoms with Gasteiger partial charge in [-0.05, 0) is 68.5 Å². The Kier molecular flexibility index (Phi) is 8.43. The van der Waals surface area contributed by atoms with Gasteiger partial charge in [-0.3, -0.25) is 4.79 Å². The minimum absolute atomic E-state index is 0.00811. The van der Waals surface area contributed by atoms with Crippen molar-refractivity contribution in [2.24, 2.45) is 5.92 Å². The van der Waals surface area contributed by atoms with E-state index in [1.54, 1.807) is 23.1 Å². The van der Waals surface area contributed by atoms with Crippen LogP contribution in [0.4, 0.5) is 0 Å². The van der Waals surface area contributed by atoms with Crippen LogP contribution < -0.4 is 18.9 Å². The molecule has 0 aliphatic carbocycles. The lowest BCUT2D eigenvalue weighted by molar-refractivity contribution is 0.0693. The van der Waals surface area contributed by atoms with Crippen LogP contribution in [-0.4, -0.2) is 52.6 Å². The van der Waals surface area contributed by atoms with E-state index < -0.39 is 10.0 Å². The Morgan fingerprint density at radius 2 is 1.68 bits per heavy atom. The fraction of sp³-hybridized carbons (Fsp3) is 0.480. The van der Waals surface area contributed by atoms with Gasteiger partial charge in [-0.25, -0.2) is 13.1 Å². The number of hydrogen-bond acceptors (Lipinski definition) is 6.